The first-order valence-electron chi connectivity index (χ1n) is 11.1. The van der Waals surface area contributed by atoms with Crippen LogP contribution in [0.2, 0.25) is 0 Å². The minimum atomic E-state index is -0.343. The normalized spacial score (nSPS) is 14.6. The number of nitrogens with zero attached hydrogens (tertiary/aromatic N) is 3. The van der Waals surface area contributed by atoms with Gasteiger partial charge in [0.15, 0.2) is 17.7 Å². The molecule has 0 bridgehead atoms. The molecule has 7 heteroatoms. The second-order valence-electron chi connectivity index (χ2n) is 7.80. The fourth-order valence-corrected chi connectivity index (χ4v) is 3.73. The number of hydrogen-bond donors (Lipinski definition) is 2. The molecule has 1 atom stereocenters. The number of guanidine groups is 1. The van der Waals surface area contributed by atoms with Crippen molar-refractivity contribution in [3.63, 3.8) is 0 Å². The zero-order valence-corrected chi connectivity index (χ0v) is 18.9. The molecule has 1 saturated carbocycles. The first-order chi connectivity index (χ1) is 16.1. The number of benzene rings is 2. The Bertz CT molecular complexity index is 1030. The summed E-state index contributed by atoms with van der Waals surface area (Å²) in [7, 11) is 1.62. The van der Waals surface area contributed by atoms with Gasteiger partial charge in [0.05, 0.1) is 38.8 Å². The van der Waals surface area contributed by atoms with Crippen LogP contribution in [0.25, 0.3) is 0 Å². The summed E-state index contributed by atoms with van der Waals surface area (Å²) in [4.78, 5) is 5.34. The molecule has 2 aromatic carbocycles. The maximum atomic E-state index is 9.66. The van der Waals surface area contributed by atoms with Gasteiger partial charge < -0.3 is 20.3 Å². The molecule has 33 heavy (non-hydrogen) atoms. The highest BCUT2D eigenvalue weighted by Crippen LogP contribution is 2.34. The van der Waals surface area contributed by atoms with Gasteiger partial charge in [0.1, 0.15) is 0 Å². The summed E-state index contributed by atoms with van der Waals surface area (Å²) < 4.78 is 11.8. The van der Waals surface area contributed by atoms with E-state index in [1.165, 1.54) is 17.7 Å². The molecule has 1 aliphatic carbocycles. The Kier molecular flexibility index (Phi) is 8.99. The van der Waals surface area contributed by atoms with E-state index in [4.69, 9.17) is 20.3 Å². The monoisotopic (exact) mass is 446 g/mol. The Morgan fingerprint density at radius 1 is 1.21 bits per heavy atom. The lowest BCUT2D eigenvalue weighted by Crippen LogP contribution is -2.36. The Balaban J connectivity index is 1.94. The number of nitrogens with two attached hydrogens (primary N) is 1. The summed E-state index contributed by atoms with van der Waals surface area (Å²) in [5, 5.41) is 18.7. The van der Waals surface area contributed by atoms with Crippen molar-refractivity contribution >= 4 is 5.96 Å². The third kappa shape index (κ3) is 6.90. The fraction of sp³-hybridized carbons (Fsp3) is 0.385. The maximum Gasteiger partial charge on any atom is 0.204 e. The highest BCUT2D eigenvalue weighted by Gasteiger charge is 2.21. The number of methoxy groups -OCH3 is 1. The van der Waals surface area contributed by atoms with E-state index in [1.807, 2.05) is 48.5 Å². The summed E-state index contributed by atoms with van der Waals surface area (Å²) in [6.07, 6.45) is 6.66. The van der Waals surface area contributed by atoms with Crippen LogP contribution < -0.4 is 15.2 Å². The van der Waals surface area contributed by atoms with E-state index < -0.39 is 0 Å². The summed E-state index contributed by atoms with van der Waals surface area (Å²) in [5.74, 6) is 7.54. The minimum absolute atomic E-state index is 0.0500. The van der Waals surface area contributed by atoms with Crippen LogP contribution in [0.3, 0.4) is 0 Å². The molecule has 2 aromatic rings. The molecule has 0 aromatic heterocycles. The largest absolute Gasteiger partial charge is 0.493 e. The number of aliphatic imine (C=N–C) groups is 1. The quantitative estimate of drug-likeness (QED) is 0.212. The zero-order valence-electron chi connectivity index (χ0n) is 18.9. The van der Waals surface area contributed by atoms with Crippen LogP contribution in [0.5, 0.6) is 11.5 Å². The molecular formula is C26H30N4O3. The second-order valence-corrected chi connectivity index (χ2v) is 7.80. The summed E-state index contributed by atoms with van der Waals surface area (Å²) in [6, 6.07) is 15.4. The van der Waals surface area contributed by atoms with E-state index in [9.17, 15) is 5.26 Å². The van der Waals surface area contributed by atoms with E-state index in [0.29, 0.717) is 11.5 Å². The SMILES string of the molecule is COc1ccc(C(C#Cc2ccccc2)CN(C#N)/C(N)=N/CCO)cc1OC1CCCC1. The average Bonchev–Trinajstić information content (AvgIpc) is 3.36. The lowest BCUT2D eigenvalue weighted by molar-refractivity contribution is 0.200. The highest BCUT2D eigenvalue weighted by molar-refractivity contribution is 5.79. The fourth-order valence-electron chi connectivity index (χ4n) is 3.73. The Morgan fingerprint density at radius 2 is 1.97 bits per heavy atom. The number of ether oxygens (including phenoxy) is 2. The van der Waals surface area contributed by atoms with Gasteiger partial charge in [-0.25, -0.2) is 4.90 Å². The predicted octanol–water partition coefficient (Wildman–Crippen LogP) is 3.24. The van der Waals surface area contributed by atoms with Crippen LogP contribution in [0, 0.1) is 23.3 Å². The molecule has 1 unspecified atom stereocenters. The van der Waals surface area contributed by atoms with Crippen molar-refractivity contribution in [3.8, 4) is 29.5 Å². The van der Waals surface area contributed by atoms with Crippen molar-refractivity contribution in [2.24, 2.45) is 10.7 Å². The molecule has 0 saturated heterocycles. The van der Waals surface area contributed by atoms with Gasteiger partial charge >= 0.3 is 0 Å². The van der Waals surface area contributed by atoms with Gasteiger partial charge in [-0.15, -0.1) is 0 Å². The molecule has 172 valence electrons. The van der Waals surface area contributed by atoms with Crippen LogP contribution in [-0.2, 0) is 0 Å². The van der Waals surface area contributed by atoms with Gasteiger partial charge in [-0.3, -0.25) is 4.99 Å². The van der Waals surface area contributed by atoms with E-state index in [2.05, 4.69) is 23.0 Å². The standard InChI is InChI=1S/C26H30N4O3/c1-32-24-14-13-21(17-25(24)33-23-9-5-6-10-23)22(12-11-20-7-3-2-4-8-20)18-30(19-27)26(28)29-15-16-31/h2-4,7-8,13-14,17,22-23,31H,5-6,9-10,15-16,18H2,1H3,(H2,28,29). The molecule has 1 fully saturated rings. The van der Waals surface area contributed by atoms with Gasteiger partial charge in [-0.05, 0) is 55.5 Å². The molecule has 0 spiro atoms. The Labute approximate surface area is 195 Å². The third-order valence-corrected chi connectivity index (χ3v) is 5.49. The van der Waals surface area contributed by atoms with Crippen LogP contribution >= 0.6 is 0 Å². The lowest BCUT2D eigenvalue weighted by atomic mass is 9.98. The number of nitriles is 1. The highest BCUT2D eigenvalue weighted by atomic mass is 16.5. The lowest BCUT2D eigenvalue weighted by Gasteiger charge is -2.21. The molecule has 3 rings (SSSR count). The number of hydrogen-bond acceptors (Lipinski definition) is 5. The number of rotatable bonds is 8. The Morgan fingerprint density at radius 3 is 2.64 bits per heavy atom. The van der Waals surface area contributed by atoms with Crippen molar-refractivity contribution in [1.82, 2.24) is 4.90 Å². The third-order valence-electron chi connectivity index (χ3n) is 5.49. The molecule has 1 aliphatic rings. The number of aliphatic hydroxyl groups excluding tert-OH is 1. The summed E-state index contributed by atoms with van der Waals surface area (Å²) in [6.45, 7) is 0.204. The molecular weight excluding hydrogens is 416 g/mol. The van der Waals surface area contributed by atoms with Crippen LogP contribution in [0.4, 0.5) is 0 Å². The van der Waals surface area contributed by atoms with Crippen LogP contribution in [0.15, 0.2) is 53.5 Å². The molecule has 0 aliphatic heterocycles. The summed E-state index contributed by atoms with van der Waals surface area (Å²) in [5.41, 5.74) is 7.75. The van der Waals surface area contributed by atoms with E-state index in [1.54, 1.807) is 7.11 Å². The van der Waals surface area contributed by atoms with Gasteiger partial charge in [0.25, 0.3) is 0 Å². The van der Waals surface area contributed by atoms with Gasteiger partial charge in [-0.2, -0.15) is 5.26 Å². The van der Waals surface area contributed by atoms with Gasteiger partial charge in [0, 0.05) is 5.56 Å². The van der Waals surface area contributed by atoms with Crippen molar-refractivity contribution in [2.45, 2.75) is 37.7 Å². The van der Waals surface area contributed by atoms with Crippen molar-refractivity contribution in [3.05, 3.63) is 59.7 Å². The first-order valence-corrected chi connectivity index (χ1v) is 11.1. The van der Waals surface area contributed by atoms with Crippen LogP contribution in [-0.4, -0.2) is 48.9 Å². The molecule has 0 radical (unpaired) electrons. The van der Waals surface area contributed by atoms with Crippen molar-refractivity contribution < 1.29 is 14.6 Å². The average molecular weight is 447 g/mol. The predicted molar refractivity (Wildman–Crippen MR) is 128 cm³/mol. The molecule has 7 nitrogen and oxygen atoms in total. The van der Waals surface area contributed by atoms with Gasteiger partial charge in [-0.1, -0.05) is 36.1 Å². The first kappa shape index (κ1) is 24.0. The van der Waals surface area contributed by atoms with E-state index >= 15 is 0 Å². The van der Waals surface area contributed by atoms with Crippen LogP contribution in [0.1, 0.15) is 42.7 Å². The topological polar surface area (TPSA) is 104 Å². The smallest absolute Gasteiger partial charge is 0.204 e. The van der Waals surface area contributed by atoms with E-state index in [0.717, 1.165) is 24.0 Å². The minimum Gasteiger partial charge on any atom is -0.493 e. The maximum absolute atomic E-state index is 9.66. The zero-order chi connectivity index (χ0) is 23.5. The molecule has 3 N–H and O–H groups in total. The summed E-state index contributed by atoms with van der Waals surface area (Å²) >= 11 is 0. The van der Waals surface area contributed by atoms with Crippen molar-refractivity contribution in [2.75, 3.05) is 26.8 Å². The Hall–Kier alpha value is -3.68. The van der Waals surface area contributed by atoms with Gasteiger partial charge in [0.2, 0.25) is 5.96 Å². The molecule has 0 heterocycles. The second kappa shape index (κ2) is 12.4. The number of aliphatic hydroxyl groups is 1. The van der Waals surface area contributed by atoms with Crippen molar-refractivity contribution in [1.29, 1.82) is 5.26 Å². The molecule has 0 amide bonds. The van der Waals surface area contributed by atoms with E-state index in [-0.39, 0.29) is 37.7 Å².